The van der Waals surface area contributed by atoms with Gasteiger partial charge in [-0.3, -0.25) is 14.4 Å². The second-order valence-corrected chi connectivity index (χ2v) is 9.44. The molecule has 8 nitrogen and oxygen atoms in total. The molecule has 0 bridgehead atoms. The van der Waals surface area contributed by atoms with Crippen molar-refractivity contribution in [2.45, 2.75) is 39.5 Å². The Morgan fingerprint density at radius 1 is 1.12 bits per heavy atom. The summed E-state index contributed by atoms with van der Waals surface area (Å²) in [6.07, 6.45) is 0. The summed E-state index contributed by atoms with van der Waals surface area (Å²) in [6.45, 7) is 9.18. The van der Waals surface area contributed by atoms with E-state index >= 15 is 0 Å². The summed E-state index contributed by atoms with van der Waals surface area (Å²) in [5.74, 6) is -0.270. The van der Waals surface area contributed by atoms with Gasteiger partial charge in [-0.05, 0) is 55.8 Å². The summed E-state index contributed by atoms with van der Waals surface area (Å²) in [4.78, 5) is 38.5. The third-order valence-electron chi connectivity index (χ3n) is 5.50. The fraction of sp³-hybridized carbons (Fsp3) is 0.333. The molecule has 1 atom stereocenters. The first kappa shape index (κ1) is 22.8. The number of fused-ring (bicyclic) bond motifs is 2. The Morgan fingerprint density at radius 2 is 1.88 bits per heavy atom. The monoisotopic (exact) mass is 466 g/mol. The van der Waals surface area contributed by atoms with Gasteiger partial charge in [-0.15, -0.1) is 5.10 Å². The zero-order chi connectivity index (χ0) is 23.9. The lowest BCUT2D eigenvalue weighted by Crippen LogP contribution is -2.49. The molecule has 0 saturated carbocycles. The van der Waals surface area contributed by atoms with Crippen LogP contribution in [-0.2, 0) is 19.3 Å². The standard InChI is InChI=1S/C24H26N4O4S/c1-14-7-6-8-19(12-14)32-10-9-27-21-16(3)11-15(2)13-20(21)24(22(27)31)28(18(5)30)26-23(33-24)25-17(4)29/h6-8,11-13H,9-10H2,1-5H3,(H,25,26,29). The van der Waals surface area contributed by atoms with Crippen molar-refractivity contribution in [3.8, 4) is 5.75 Å². The second-order valence-electron chi connectivity index (χ2n) is 8.26. The van der Waals surface area contributed by atoms with Gasteiger partial charge < -0.3 is 15.0 Å². The maximum Gasteiger partial charge on any atom is 0.270 e. The van der Waals surface area contributed by atoms with Crippen LogP contribution in [-0.4, -0.2) is 41.0 Å². The summed E-state index contributed by atoms with van der Waals surface area (Å²) in [5.41, 5.74) is 4.40. The number of benzene rings is 2. The second kappa shape index (κ2) is 8.55. The van der Waals surface area contributed by atoms with Crippen LogP contribution in [0.2, 0.25) is 0 Å². The third-order valence-corrected chi connectivity index (χ3v) is 6.74. The average Bonchev–Trinajstić information content (AvgIpc) is 3.20. The Labute approximate surface area is 197 Å². The maximum absolute atomic E-state index is 14.0. The van der Waals surface area contributed by atoms with Crippen LogP contribution in [0.15, 0.2) is 41.5 Å². The number of aryl methyl sites for hydroxylation is 3. The Morgan fingerprint density at radius 3 is 2.55 bits per heavy atom. The zero-order valence-corrected chi connectivity index (χ0v) is 20.1. The number of thioether (sulfide) groups is 1. The van der Waals surface area contributed by atoms with E-state index in [9.17, 15) is 14.4 Å². The van der Waals surface area contributed by atoms with Gasteiger partial charge in [-0.2, -0.15) is 5.01 Å². The molecule has 0 aromatic heterocycles. The predicted octanol–water partition coefficient (Wildman–Crippen LogP) is 3.19. The number of ether oxygens (including phenoxy) is 1. The van der Waals surface area contributed by atoms with Gasteiger partial charge >= 0.3 is 0 Å². The van der Waals surface area contributed by atoms with Crippen LogP contribution in [0.3, 0.4) is 0 Å². The molecule has 172 valence electrons. The molecule has 0 aliphatic carbocycles. The highest BCUT2D eigenvalue weighted by Gasteiger charge is 2.61. The number of nitrogens with zero attached hydrogens (tertiary/aromatic N) is 3. The van der Waals surface area contributed by atoms with E-state index in [1.54, 1.807) is 4.90 Å². The molecule has 1 N–H and O–H groups in total. The number of carbonyl (C=O) groups is 3. The van der Waals surface area contributed by atoms with Crippen molar-refractivity contribution in [2.24, 2.45) is 5.10 Å². The van der Waals surface area contributed by atoms with Crippen molar-refractivity contribution < 1.29 is 19.1 Å². The van der Waals surface area contributed by atoms with Crippen molar-refractivity contribution in [3.05, 3.63) is 58.7 Å². The Hall–Kier alpha value is -3.33. The van der Waals surface area contributed by atoms with Gasteiger partial charge in [0.1, 0.15) is 12.4 Å². The average molecular weight is 467 g/mol. The highest BCUT2D eigenvalue weighted by atomic mass is 32.2. The molecule has 3 amide bonds. The van der Waals surface area contributed by atoms with Gasteiger partial charge in [0.05, 0.1) is 12.2 Å². The van der Waals surface area contributed by atoms with Gasteiger partial charge in [0.25, 0.3) is 5.91 Å². The number of hydrogen-bond acceptors (Lipinski definition) is 6. The van der Waals surface area contributed by atoms with Crippen LogP contribution in [0.25, 0.3) is 0 Å². The number of amides is 3. The fourth-order valence-electron chi connectivity index (χ4n) is 4.31. The Balaban J connectivity index is 1.71. The van der Waals surface area contributed by atoms with E-state index < -0.39 is 4.87 Å². The van der Waals surface area contributed by atoms with Crippen LogP contribution in [0, 0.1) is 20.8 Å². The molecule has 0 fully saturated rings. The minimum atomic E-state index is -1.40. The molecule has 0 saturated heterocycles. The highest BCUT2D eigenvalue weighted by Crippen LogP contribution is 2.55. The van der Waals surface area contributed by atoms with E-state index in [1.807, 2.05) is 57.2 Å². The topological polar surface area (TPSA) is 91.3 Å². The van der Waals surface area contributed by atoms with E-state index in [2.05, 4.69) is 10.4 Å². The lowest BCUT2D eigenvalue weighted by molar-refractivity contribution is -0.139. The molecule has 33 heavy (non-hydrogen) atoms. The molecular weight excluding hydrogens is 440 g/mol. The predicted molar refractivity (Wildman–Crippen MR) is 128 cm³/mol. The number of hydrogen-bond donors (Lipinski definition) is 1. The molecule has 2 heterocycles. The van der Waals surface area contributed by atoms with E-state index in [4.69, 9.17) is 4.74 Å². The van der Waals surface area contributed by atoms with Crippen LogP contribution in [0.1, 0.15) is 36.1 Å². The molecule has 4 rings (SSSR count). The molecule has 2 aromatic rings. The molecule has 1 spiro atoms. The van der Waals surface area contributed by atoms with Crippen molar-refractivity contribution in [2.75, 3.05) is 18.1 Å². The van der Waals surface area contributed by atoms with Crippen LogP contribution < -0.4 is 15.0 Å². The highest BCUT2D eigenvalue weighted by molar-refractivity contribution is 8.15. The maximum atomic E-state index is 14.0. The van der Waals surface area contributed by atoms with E-state index in [0.717, 1.165) is 39.9 Å². The zero-order valence-electron chi connectivity index (χ0n) is 19.3. The van der Waals surface area contributed by atoms with Crippen LogP contribution in [0.5, 0.6) is 5.75 Å². The summed E-state index contributed by atoms with van der Waals surface area (Å²) in [5, 5.41) is 8.33. The quantitative estimate of drug-likeness (QED) is 0.747. The molecule has 0 radical (unpaired) electrons. The third kappa shape index (κ3) is 3.97. The largest absolute Gasteiger partial charge is 0.492 e. The number of nitrogens with one attached hydrogen (secondary N) is 1. The number of anilines is 1. The SMILES string of the molecule is CC(=O)NC1=NN(C(C)=O)C2(S1)C(=O)N(CCOc1cccc(C)c1)c1c(C)cc(C)cc12. The van der Waals surface area contributed by atoms with Crippen molar-refractivity contribution in [1.82, 2.24) is 10.3 Å². The molecule has 9 heteroatoms. The van der Waals surface area contributed by atoms with Crippen molar-refractivity contribution in [1.29, 1.82) is 0 Å². The van der Waals surface area contributed by atoms with Gasteiger partial charge in [0.2, 0.25) is 16.7 Å². The summed E-state index contributed by atoms with van der Waals surface area (Å²) in [6, 6.07) is 11.6. The fourth-order valence-corrected chi connectivity index (χ4v) is 5.63. The van der Waals surface area contributed by atoms with Gasteiger partial charge in [-0.25, -0.2) is 0 Å². The molecule has 2 aliphatic heterocycles. The van der Waals surface area contributed by atoms with E-state index in [0.29, 0.717) is 12.1 Å². The summed E-state index contributed by atoms with van der Waals surface area (Å²) < 4.78 is 5.91. The molecular formula is C24H26N4O4S. The van der Waals surface area contributed by atoms with E-state index in [-0.39, 0.29) is 29.5 Å². The van der Waals surface area contributed by atoms with Crippen molar-refractivity contribution >= 4 is 40.3 Å². The Kier molecular flexibility index (Phi) is 5.92. The molecule has 2 aromatic carbocycles. The van der Waals surface area contributed by atoms with Gasteiger partial charge in [0.15, 0.2) is 5.17 Å². The first-order valence-electron chi connectivity index (χ1n) is 10.6. The van der Waals surface area contributed by atoms with Crippen LogP contribution in [0.4, 0.5) is 5.69 Å². The molecule has 1 unspecified atom stereocenters. The van der Waals surface area contributed by atoms with E-state index in [1.165, 1.54) is 18.9 Å². The van der Waals surface area contributed by atoms with Crippen molar-refractivity contribution in [3.63, 3.8) is 0 Å². The first-order chi connectivity index (χ1) is 15.6. The van der Waals surface area contributed by atoms with Gasteiger partial charge in [0, 0.05) is 19.4 Å². The molecule has 2 aliphatic rings. The minimum Gasteiger partial charge on any atom is -0.492 e. The number of amidine groups is 1. The Bertz CT molecular complexity index is 1190. The lowest BCUT2D eigenvalue weighted by Gasteiger charge is -2.29. The summed E-state index contributed by atoms with van der Waals surface area (Å²) >= 11 is 1.08. The van der Waals surface area contributed by atoms with Gasteiger partial charge in [-0.1, -0.05) is 29.8 Å². The van der Waals surface area contributed by atoms with Crippen LogP contribution >= 0.6 is 11.8 Å². The summed E-state index contributed by atoms with van der Waals surface area (Å²) in [7, 11) is 0. The number of hydrazone groups is 1. The number of rotatable bonds is 4. The minimum absolute atomic E-state index is 0.217. The normalized spacial score (nSPS) is 19.1. The first-order valence-corrected chi connectivity index (χ1v) is 11.4. The number of carbonyl (C=O) groups excluding carboxylic acids is 3. The smallest absolute Gasteiger partial charge is 0.270 e. The lowest BCUT2D eigenvalue weighted by atomic mass is 10.0.